The number of piperazine rings is 1. The number of carbonyl (C=O) groups is 2. The van der Waals surface area contributed by atoms with E-state index in [1.54, 1.807) is 36.4 Å². The van der Waals surface area contributed by atoms with Gasteiger partial charge in [-0.1, -0.05) is 41.9 Å². The molecule has 2 saturated heterocycles. The Morgan fingerprint density at radius 2 is 1.54 bits per heavy atom. The second-order valence-corrected chi connectivity index (χ2v) is 9.93. The third kappa shape index (κ3) is 5.78. The van der Waals surface area contributed by atoms with Crippen molar-refractivity contribution in [3.05, 3.63) is 94.3 Å². The van der Waals surface area contributed by atoms with Gasteiger partial charge in [-0.25, -0.2) is 4.39 Å². The number of likely N-dealkylation sites (tertiary alicyclic amines) is 1. The van der Waals surface area contributed by atoms with Crippen molar-refractivity contribution >= 4 is 34.8 Å². The van der Waals surface area contributed by atoms with Crippen LogP contribution < -0.4 is 10.2 Å². The predicted octanol–water partition coefficient (Wildman–Crippen LogP) is 5.29. The van der Waals surface area contributed by atoms with Gasteiger partial charge in [0.1, 0.15) is 5.82 Å². The van der Waals surface area contributed by atoms with E-state index in [4.69, 9.17) is 11.6 Å². The minimum absolute atomic E-state index is 0.0184. The molecule has 192 valence electrons. The maximum Gasteiger partial charge on any atom is 0.257 e. The van der Waals surface area contributed by atoms with Gasteiger partial charge in [-0.05, 0) is 49.2 Å². The zero-order valence-electron chi connectivity index (χ0n) is 20.6. The summed E-state index contributed by atoms with van der Waals surface area (Å²) in [5, 5.41) is 3.27. The van der Waals surface area contributed by atoms with Crippen LogP contribution in [0.25, 0.3) is 0 Å². The molecule has 2 aliphatic heterocycles. The highest BCUT2D eigenvalue weighted by molar-refractivity contribution is 6.34. The molecule has 2 aliphatic rings. The molecule has 3 aromatic rings. The van der Waals surface area contributed by atoms with Gasteiger partial charge in [0.25, 0.3) is 11.8 Å². The average Bonchev–Trinajstić information content (AvgIpc) is 3.45. The number of anilines is 2. The molecule has 3 aromatic carbocycles. The van der Waals surface area contributed by atoms with Crippen molar-refractivity contribution < 1.29 is 14.0 Å². The van der Waals surface area contributed by atoms with Crippen LogP contribution in [0.5, 0.6) is 0 Å². The highest BCUT2D eigenvalue weighted by Gasteiger charge is 2.27. The number of halogens is 2. The number of nitrogens with zero attached hydrogens (tertiary/aromatic N) is 3. The van der Waals surface area contributed by atoms with Gasteiger partial charge in [-0.15, -0.1) is 0 Å². The molecule has 0 aliphatic carbocycles. The second-order valence-electron chi connectivity index (χ2n) is 9.52. The third-order valence-corrected chi connectivity index (χ3v) is 7.39. The first-order chi connectivity index (χ1) is 18.0. The lowest BCUT2D eigenvalue weighted by Crippen LogP contribution is -2.46. The number of amides is 2. The first kappa shape index (κ1) is 25.2. The van der Waals surface area contributed by atoms with Crippen LogP contribution in [0.1, 0.15) is 39.1 Å². The van der Waals surface area contributed by atoms with E-state index in [0.717, 1.165) is 57.8 Å². The van der Waals surface area contributed by atoms with Crippen molar-refractivity contribution in [2.45, 2.75) is 19.4 Å². The van der Waals surface area contributed by atoms with Gasteiger partial charge >= 0.3 is 0 Å². The number of rotatable bonds is 6. The first-order valence-electron chi connectivity index (χ1n) is 12.7. The van der Waals surface area contributed by atoms with E-state index in [9.17, 15) is 14.0 Å². The van der Waals surface area contributed by atoms with Crippen LogP contribution in [0.3, 0.4) is 0 Å². The molecule has 8 heteroatoms. The van der Waals surface area contributed by atoms with Crippen LogP contribution in [-0.4, -0.2) is 60.9 Å². The molecule has 2 heterocycles. The van der Waals surface area contributed by atoms with Gasteiger partial charge in [-0.3, -0.25) is 14.5 Å². The predicted molar refractivity (Wildman–Crippen MR) is 145 cm³/mol. The lowest BCUT2D eigenvalue weighted by molar-refractivity contribution is 0.0792. The molecule has 1 N–H and O–H groups in total. The normalized spacial score (nSPS) is 16.2. The number of hydrogen-bond donors (Lipinski definition) is 1. The molecule has 0 radical (unpaired) electrons. The molecule has 0 spiro atoms. The van der Waals surface area contributed by atoms with E-state index in [0.29, 0.717) is 33.9 Å². The van der Waals surface area contributed by atoms with Gasteiger partial charge < -0.3 is 15.1 Å². The Hall–Kier alpha value is -3.42. The summed E-state index contributed by atoms with van der Waals surface area (Å²) in [6.07, 6.45) is 2.00. The molecular formula is C29H30ClFN4O2. The lowest BCUT2D eigenvalue weighted by atomic mass is 10.1. The van der Waals surface area contributed by atoms with E-state index in [-0.39, 0.29) is 17.6 Å². The van der Waals surface area contributed by atoms with Crippen LogP contribution in [0.2, 0.25) is 5.02 Å². The van der Waals surface area contributed by atoms with Gasteiger partial charge in [-0.2, -0.15) is 0 Å². The van der Waals surface area contributed by atoms with E-state index in [1.807, 2.05) is 29.2 Å². The Labute approximate surface area is 221 Å². The highest BCUT2D eigenvalue weighted by Crippen LogP contribution is 2.29. The summed E-state index contributed by atoms with van der Waals surface area (Å²) < 4.78 is 14.1. The number of benzene rings is 3. The Morgan fingerprint density at radius 1 is 0.838 bits per heavy atom. The van der Waals surface area contributed by atoms with E-state index in [1.165, 1.54) is 6.07 Å². The summed E-state index contributed by atoms with van der Waals surface area (Å²) in [5.41, 5.74) is 3.07. The molecule has 2 fully saturated rings. The molecular weight excluding hydrogens is 491 g/mol. The van der Waals surface area contributed by atoms with Crippen molar-refractivity contribution in [1.29, 1.82) is 0 Å². The molecule has 0 aromatic heterocycles. The number of hydrogen-bond acceptors (Lipinski definition) is 4. The monoisotopic (exact) mass is 520 g/mol. The fourth-order valence-corrected chi connectivity index (χ4v) is 5.23. The summed E-state index contributed by atoms with van der Waals surface area (Å²) in [4.78, 5) is 32.7. The fourth-order valence-electron chi connectivity index (χ4n) is 5.01. The number of nitrogens with one attached hydrogen (secondary N) is 1. The fraction of sp³-hybridized carbons (Fsp3) is 0.310. The van der Waals surface area contributed by atoms with Crippen LogP contribution in [0.15, 0.2) is 66.7 Å². The molecule has 0 atom stereocenters. The van der Waals surface area contributed by atoms with Crippen LogP contribution in [-0.2, 0) is 6.54 Å². The minimum atomic E-state index is -0.320. The summed E-state index contributed by atoms with van der Waals surface area (Å²) >= 11 is 6.20. The van der Waals surface area contributed by atoms with Crippen molar-refractivity contribution in [3.8, 4) is 0 Å². The SMILES string of the molecule is O=C(Nc1ccc(N2CCN(Cc3ccccc3F)CC2)c(C(=O)N2CCCC2)c1)c1ccccc1Cl. The van der Waals surface area contributed by atoms with Crippen molar-refractivity contribution in [3.63, 3.8) is 0 Å². The molecule has 2 amide bonds. The topological polar surface area (TPSA) is 55.9 Å². The summed E-state index contributed by atoms with van der Waals surface area (Å²) in [6, 6.07) is 19.3. The standard InChI is InChI=1S/C29H30ClFN4O2/c30-25-9-3-2-8-23(25)28(36)32-22-11-12-27(24(19-22)29(37)35-13-5-6-14-35)34-17-15-33(16-18-34)20-21-7-1-4-10-26(21)31/h1-4,7-12,19H,5-6,13-18,20H2,(H,32,36). The molecule has 0 saturated carbocycles. The molecule has 6 nitrogen and oxygen atoms in total. The summed E-state index contributed by atoms with van der Waals surface area (Å²) in [5.74, 6) is -0.521. The van der Waals surface area contributed by atoms with Crippen LogP contribution in [0, 0.1) is 5.82 Å². The van der Waals surface area contributed by atoms with E-state index >= 15 is 0 Å². The first-order valence-corrected chi connectivity index (χ1v) is 13.1. The number of carbonyl (C=O) groups excluding carboxylic acids is 2. The third-order valence-electron chi connectivity index (χ3n) is 7.06. The highest BCUT2D eigenvalue weighted by atomic mass is 35.5. The van der Waals surface area contributed by atoms with Gasteiger partial charge in [0, 0.05) is 62.8 Å². The molecule has 0 bridgehead atoms. The lowest BCUT2D eigenvalue weighted by Gasteiger charge is -2.37. The van der Waals surface area contributed by atoms with Gasteiger partial charge in [0.2, 0.25) is 0 Å². The van der Waals surface area contributed by atoms with E-state index in [2.05, 4.69) is 15.1 Å². The molecule has 0 unspecified atom stereocenters. The zero-order chi connectivity index (χ0) is 25.8. The maximum atomic E-state index is 14.1. The Bertz CT molecular complexity index is 1290. The zero-order valence-corrected chi connectivity index (χ0v) is 21.4. The van der Waals surface area contributed by atoms with Crippen molar-refractivity contribution in [2.24, 2.45) is 0 Å². The largest absolute Gasteiger partial charge is 0.368 e. The summed E-state index contributed by atoms with van der Waals surface area (Å²) in [6.45, 7) is 5.01. The van der Waals surface area contributed by atoms with Gasteiger partial charge in [0.05, 0.1) is 16.1 Å². The van der Waals surface area contributed by atoms with Crippen molar-refractivity contribution in [2.75, 3.05) is 49.5 Å². The average molecular weight is 521 g/mol. The Morgan fingerprint density at radius 3 is 2.27 bits per heavy atom. The van der Waals surface area contributed by atoms with Gasteiger partial charge in [0.15, 0.2) is 0 Å². The minimum Gasteiger partial charge on any atom is -0.368 e. The van der Waals surface area contributed by atoms with E-state index < -0.39 is 0 Å². The molecule has 5 rings (SSSR count). The van der Waals surface area contributed by atoms with Crippen LogP contribution in [0.4, 0.5) is 15.8 Å². The second kappa shape index (κ2) is 11.3. The summed E-state index contributed by atoms with van der Waals surface area (Å²) in [7, 11) is 0. The Kier molecular flexibility index (Phi) is 7.72. The Balaban J connectivity index is 1.34. The molecule has 37 heavy (non-hydrogen) atoms. The van der Waals surface area contributed by atoms with Crippen LogP contribution >= 0.6 is 11.6 Å². The quantitative estimate of drug-likeness (QED) is 0.480. The van der Waals surface area contributed by atoms with Crippen molar-refractivity contribution in [1.82, 2.24) is 9.80 Å². The maximum absolute atomic E-state index is 14.1. The smallest absolute Gasteiger partial charge is 0.257 e.